The zero-order chi connectivity index (χ0) is 11.4. The van der Waals surface area contributed by atoms with E-state index in [-0.39, 0.29) is 24.1 Å². The fourth-order valence-corrected chi connectivity index (χ4v) is 0.974. The predicted octanol–water partition coefficient (Wildman–Crippen LogP) is 0.343. The summed E-state index contributed by atoms with van der Waals surface area (Å²) in [5.41, 5.74) is 5.47. The van der Waals surface area contributed by atoms with Gasteiger partial charge < -0.3 is 15.7 Å². The highest BCUT2D eigenvalue weighted by atomic mass is 16.3. The van der Waals surface area contributed by atoms with Gasteiger partial charge in [0.25, 0.3) is 0 Å². The molecule has 0 saturated carbocycles. The van der Waals surface area contributed by atoms with Crippen molar-refractivity contribution in [3.05, 3.63) is 0 Å². The summed E-state index contributed by atoms with van der Waals surface area (Å²) in [6.07, 6.45) is 1.10. The number of rotatable bonds is 5. The van der Waals surface area contributed by atoms with Crippen LogP contribution in [-0.4, -0.2) is 41.1 Å². The lowest BCUT2D eigenvalue weighted by molar-refractivity contribution is -0.132. The van der Waals surface area contributed by atoms with E-state index in [0.717, 1.165) is 0 Å². The summed E-state index contributed by atoms with van der Waals surface area (Å²) in [7, 11) is 1.70. The number of hydrogen-bond acceptors (Lipinski definition) is 3. The Hall–Kier alpha value is -0.610. The van der Waals surface area contributed by atoms with E-state index < -0.39 is 0 Å². The monoisotopic (exact) mass is 202 g/mol. The molecule has 0 aromatic carbocycles. The molecule has 0 aromatic rings. The van der Waals surface area contributed by atoms with Crippen LogP contribution in [-0.2, 0) is 4.79 Å². The molecule has 14 heavy (non-hydrogen) atoms. The number of likely N-dealkylation sites (N-methyl/N-ethyl adjacent to an activating group) is 1. The van der Waals surface area contributed by atoms with Crippen LogP contribution in [0.4, 0.5) is 0 Å². The Morgan fingerprint density at radius 2 is 2.07 bits per heavy atom. The van der Waals surface area contributed by atoms with E-state index in [9.17, 15) is 4.79 Å². The molecule has 0 radical (unpaired) electrons. The van der Waals surface area contributed by atoms with E-state index in [4.69, 9.17) is 10.8 Å². The standard InChI is InChI=1S/C10H22N2O2/c1-8(7-13)12(4)9(14)5-6-10(2,3)11/h8,13H,5-7,11H2,1-4H3. The van der Waals surface area contributed by atoms with E-state index in [1.165, 1.54) is 0 Å². The van der Waals surface area contributed by atoms with E-state index >= 15 is 0 Å². The lowest BCUT2D eigenvalue weighted by atomic mass is 9.99. The minimum atomic E-state index is -0.307. The number of carbonyl (C=O) groups excluding carboxylic acids is 1. The van der Waals surface area contributed by atoms with Gasteiger partial charge in [0.15, 0.2) is 0 Å². The molecule has 0 aliphatic heterocycles. The Morgan fingerprint density at radius 1 is 1.57 bits per heavy atom. The molecule has 1 atom stereocenters. The molecule has 4 nitrogen and oxygen atoms in total. The molecular formula is C10H22N2O2. The molecule has 0 aliphatic carbocycles. The van der Waals surface area contributed by atoms with Gasteiger partial charge in [-0.15, -0.1) is 0 Å². The van der Waals surface area contributed by atoms with Crippen molar-refractivity contribution in [1.29, 1.82) is 0 Å². The second-order valence-electron chi connectivity index (χ2n) is 4.52. The van der Waals surface area contributed by atoms with Crippen LogP contribution in [0.25, 0.3) is 0 Å². The molecule has 84 valence electrons. The smallest absolute Gasteiger partial charge is 0.222 e. The number of aliphatic hydroxyl groups is 1. The van der Waals surface area contributed by atoms with Crippen LogP contribution >= 0.6 is 0 Å². The number of carbonyl (C=O) groups is 1. The highest BCUT2D eigenvalue weighted by Gasteiger charge is 2.18. The van der Waals surface area contributed by atoms with E-state index in [1.54, 1.807) is 11.9 Å². The molecule has 0 spiro atoms. The summed E-state index contributed by atoms with van der Waals surface area (Å²) in [5.74, 6) is 0.0325. The SMILES string of the molecule is CC(CO)N(C)C(=O)CCC(C)(C)N. The predicted molar refractivity (Wildman–Crippen MR) is 56.8 cm³/mol. The average molecular weight is 202 g/mol. The normalized spacial score (nSPS) is 13.9. The van der Waals surface area contributed by atoms with Gasteiger partial charge in [-0.2, -0.15) is 0 Å². The van der Waals surface area contributed by atoms with Crippen LogP contribution in [0.1, 0.15) is 33.6 Å². The minimum Gasteiger partial charge on any atom is -0.394 e. The van der Waals surface area contributed by atoms with Gasteiger partial charge in [-0.3, -0.25) is 4.79 Å². The van der Waals surface area contributed by atoms with Crippen LogP contribution in [0.3, 0.4) is 0 Å². The second kappa shape index (κ2) is 5.32. The third-order valence-corrected chi connectivity index (χ3v) is 2.30. The molecular weight excluding hydrogens is 180 g/mol. The fraction of sp³-hybridized carbons (Fsp3) is 0.900. The molecule has 0 heterocycles. The Bertz CT molecular complexity index is 187. The van der Waals surface area contributed by atoms with Gasteiger partial charge in [-0.25, -0.2) is 0 Å². The first kappa shape index (κ1) is 13.4. The zero-order valence-corrected chi connectivity index (χ0v) is 9.58. The Balaban J connectivity index is 3.97. The Labute approximate surface area is 86.1 Å². The molecule has 1 unspecified atom stereocenters. The summed E-state index contributed by atoms with van der Waals surface area (Å²) in [4.78, 5) is 13.1. The van der Waals surface area contributed by atoms with Crippen molar-refractivity contribution < 1.29 is 9.90 Å². The van der Waals surface area contributed by atoms with Crippen molar-refractivity contribution in [2.75, 3.05) is 13.7 Å². The highest BCUT2D eigenvalue weighted by Crippen LogP contribution is 2.09. The fourth-order valence-electron chi connectivity index (χ4n) is 0.974. The summed E-state index contributed by atoms with van der Waals surface area (Å²) < 4.78 is 0. The molecule has 3 N–H and O–H groups in total. The number of nitrogens with two attached hydrogens (primary N) is 1. The molecule has 0 bridgehead atoms. The summed E-state index contributed by atoms with van der Waals surface area (Å²) in [5, 5.41) is 8.86. The van der Waals surface area contributed by atoms with Crippen molar-refractivity contribution in [2.45, 2.75) is 45.2 Å². The summed E-state index contributed by atoms with van der Waals surface area (Å²) in [6, 6.07) is -0.122. The first-order valence-electron chi connectivity index (χ1n) is 4.93. The number of hydrogen-bond donors (Lipinski definition) is 2. The first-order valence-corrected chi connectivity index (χ1v) is 4.93. The van der Waals surface area contributed by atoms with Crippen LogP contribution < -0.4 is 5.73 Å². The first-order chi connectivity index (χ1) is 6.28. The maximum absolute atomic E-state index is 11.5. The number of amides is 1. The van der Waals surface area contributed by atoms with Gasteiger partial charge in [0, 0.05) is 19.0 Å². The third kappa shape index (κ3) is 5.19. The maximum atomic E-state index is 11.5. The minimum absolute atomic E-state index is 0.00570. The maximum Gasteiger partial charge on any atom is 0.222 e. The molecule has 0 fully saturated rings. The van der Waals surface area contributed by atoms with Gasteiger partial charge in [-0.1, -0.05) is 0 Å². The topological polar surface area (TPSA) is 66.6 Å². The summed E-state index contributed by atoms with van der Waals surface area (Å²) >= 11 is 0. The van der Waals surface area contributed by atoms with E-state index in [2.05, 4.69) is 0 Å². The average Bonchev–Trinajstić information content (AvgIpc) is 2.10. The van der Waals surface area contributed by atoms with Gasteiger partial charge in [-0.05, 0) is 27.2 Å². The largest absolute Gasteiger partial charge is 0.394 e. The molecule has 0 rings (SSSR count). The highest BCUT2D eigenvalue weighted by molar-refractivity contribution is 5.76. The van der Waals surface area contributed by atoms with E-state index in [0.29, 0.717) is 12.8 Å². The molecule has 4 heteroatoms. The van der Waals surface area contributed by atoms with Gasteiger partial charge in [0.05, 0.1) is 12.6 Å². The van der Waals surface area contributed by atoms with Crippen LogP contribution in [0.5, 0.6) is 0 Å². The van der Waals surface area contributed by atoms with Crippen molar-refractivity contribution in [3.63, 3.8) is 0 Å². The lowest BCUT2D eigenvalue weighted by Crippen LogP contribution is -2.39. The molecule has 0 saturated heterocycles. The third-order valence-electron chi connectivity index (χ3n) is 2.30. The van der Waals surface area contributed by atoms with E-state index in [1.807, 2.05) is 20.8 Å². The molecule has 0 aromatic heterocycles. The number of aliphatic hydroxyl groups excluding tert-OH is 1. The van der Waals surface area contributed by atoms with Gasteiger partial charge in [0.2, 0.25) is 5.91 Å². The van der Waals surface area contributed by atoms with Crippen LogP contribution in [0, 0.1) is 0 Å². The Kier molecular flexibility index (Phi) is 5.08. The van der Waals surface area contributed by atoms with Crippen LogP contribution in [0.15, 0.2) is 0 Å². The van der Waals surface area contributed by atoms with Gasteiger partial charge in [0.1, 0.15) is 0 Å². The van der Waals surface area contributed by atoms with Crippen molar-refractivity contribution >= 4 is 5.91 Å². The van der Waals surface area contributed by atoms with Crippen molar-refractivity contribution in [3.8, 4) is 0 Å². The van der Waals surface area contributed by atoms with Crippen LogP contribution in [0.2, 0.25) is 0 Å². The molecule has 1 amide bonds. The van der Waals surface area contributed by atoms with Crippen molar-refractivity contribution in [2.24, 2.45) is 5.73 Å². The molecule has 0 aliphatic rings. The van der Waals surface area contributed by atoms with Gasteiger partial charge >= 0.3 is 0 Å². The lowest BCUT2D eigenvalue weighted by Gasteiger charge is -2.25. The van der Waals surface area contributed by atoms with Crippen molar-refractivity contribution in [1.82, 2.24) is 4.90 Å². The number of nitrogens with zero attached hydrogens (tertiary/aromatic N) is 1. The quantitative estimate of drug-likeness (QED) is 0.675. The summed E-state index contributed by atoms with van der Waals surface area (Å²) in [6.45, 7) is 5.60. The second-order valence-corrected chi connectivity index (χ2v) is 4.52. The Morgan fingerprint density at radius 3 is 2.43 bits per heavy atom. The zero-order valence-electron chi connectivity index (χ0n) is 9.58.